The summed E-state index contributed by atoms with van der Waals surface area (Å²) < 4.78 is 5.70. The zero-order chi connectivity index (χ0) is 13.7. The molecule has 0 radical (unpaired) electrons. The molecule has 0 unspecified atom stereocenters. The van der Waals surface area contributed by atoms with Crippen molar-refractivity contribution in [1.82, 2.24) is 4.98 Å². The second-order valence-corrected chi connectivity index (χ2v) is 4.59. The molecule has 0 aliphatic carbocycles. The summed E-state index contributed by atoms with van der Waals surface area (Å²) in [5.41, 5.74) is 2.90. The number of ether oxygens (including phenoxy) is 1. The minimum Gasteiger partial charge on any atom is -0.473 e. The van der Waals surface area contributed by atoms with E-state index < -0.39 is 6.10 Å². The van der Waals surface area contributed by atoms with Crippen LogP contribution in [0.2, 0.25) is 0 Å². The van der Waals surface area contributed by atoms with Gasteiger partial charge in [-0.2, -0.15) is 0 Å². The summed E-state index contributed by atoms with van der Waals surface area (Å²) in [5, 5.41) is 9.77. The number of benzene rings is 1. The Morgan fingerprint density at radius 1 is 1.26 bits per heavy atom. The molecule has 1 heterocycles. The lowest BCUT2D eigenvalue weighted by Gasteiger charge is -2.12. The molecule has 19 heavy (non-hydrogen) atoms. The molecule has 3 heteroatoms. The van der Waals surface area contributed by atoms with Gasteiger partial charge < -0.3 is 9.84 Å². The molecule has 0 bridgehead atoms. The lowest BCUT2D eigenvalue weighted by Crippen LogP contribution is -2.02. The largest absolute Gasteiger partial charge is 0.473 e. The highest BCUT2D eigenvalue weighted by Crippen LogP contribution is 2.22. The molecular weight excluding hydrogens is 238 g/mol. The predicted molar refractivity (Wildman–Crippen MR) is 75.0 cm³/mol. The molecule has 3 nitrogen and oxygen atoms in total. The summed E-state index contributed by atoms with van der Waals surface area (Å²) in [6.45, 7) is 4.39. The van der Waals surface area contributed by atoms with E-state index in [-0.39, 0.29) is 0 Å². The second-order valence-electron chi connectivity index (χ2n) is 4.59. The molecule has 0 aliphatic heterocycles. The van der Waals surface area contributed by atoms with Crippen LogP contribution < -0.4 is 4.74 Å². The summed E-state index contributed by atoms with van der Waals surface area (Å²) in [6, 6.07) is 11.9. The third-order valence-electron chi connectivity index (χ3n) is 3.04. The molecule has 0 spiro atoms. The summed E-state index contributed by atoms with van der Waals surface area (Å²) in [6.07, 6.45) is 1.92. The SMILES string of the molecule is CC[C@@H](O)c1cnc(OCc2ccccc2)c(C)c1. The topological polar surface area (TPSA) is 42.4 Å². The third-order valence-corrected chi connectivity index (χ3v) is 3.04. The minimum absolute atomic E-state index is 0.450. The van der Waals surface area contributed by atoms with Gasteiger partial charge in [0.25, 0.3) is 0 Å². The number of aliphatic hydroxyl groups is 1. The lowest BCUT2D eigenvalue weighted by atomic mass is 10.1. The van der Waals surface area contributed by atoms with Crippen molar-refractivity contribution in [2.45, 2.75) is 33.0 Å². The Morgan fingerprint density at radius 3 is 2.63 bits per heavy atom. The van der Waals surface area contributed by atoms with Crippen molar-refractivity contribution in [3.05, 3.63) is 59.3 Å². The van der Waals surface area contributed by atoms with Gasteiger partial charge in [0.1, 0.15) is 6.61 Å². The van der Waals surface area contributed by atoms with E-state index in [1.54, 1.807) is 6.20 Å². The van der Waals surface area contributed by atoms with E-state index in [4.69, 9.17) is 4.74 Å². The number of pyridine rings is 1. The summed E-state index contributed by atoms with van der Waals surface area (Å²) >= 11 is 0. The number of aromatic nitrogens is 1. The molecule has 1 atom stereocenters. The first-order chi connectivity index (χ1) is 9.20. The van der Waals surface area contributed by atoms with Gasteiger partial charge in [0, 0.05) is 11.8 Å². The number of aryl methyl sites for hydroxylation is 1. The fourth-order valence-corrected chi connectivity index (χ4v) is 1.88. The Labute approximate surface area is 113 Å². The van der Waals surface area contributed by atoms with Crippen molar-refractivity contribution in [3.63, 3.8) is 0 Å². The molecule has 0 saturated carbocycles. The highest BCUT2D eigenvalue weighted by atomic mass is 16.5. The normalized spacial score (nSPS) is 12.2. The first-order valence-electron chi connectivity index (χ1n) is 6.52. The van der Waals surface area contributed by atoms with E-state index in [1.807, 2.05) is 50.2 Å². The van der Waals surface area contributed by atoms with Gasteiger partial charge in [0.2, 0.25) is 5.88 Å². The van der Waals surface area contributed by atoms with Crippen LogP contribution in [0, 0.1) is 6.92 Å². The van der Waals surface area contributed by atoms with Crippen molar-refractivity contribution in [2.75, 3.05) is 0 Å². The molecule has 1 N–H and O–H groups in total. The Hall–Kier alpha value is -1.87. The van der Waals surface area contributed by atoms with Crippen LogP contribution in [0.3, 0.4) is 0 Å². The lowest BCUT2D eigenvalue weighted by molar-refractivity contribution is 0.173. The molecular formula is C16H19NO2. The Balaban J connectivity index is 2.05. The van der Waals surface area contributed by atoms with Crippen LogP contribution in [-0.2, 0) is 6.61 Å². The highest BCUT2D eigenvalue weighted by molar-refractivity contribution is 5.30. The van der Waals surface area contributed by atoms with Gasteiger partial charge in [0.15, 0.2) is 0 Å². The van der Waals surface area contributed by atoms with Gasteiger partial charge in [-0.05, 0) is 30.5 Å². The van der Waals surface area contributed by atoms with Crippen LogP contribution in [0.15, 0.2) is 42.6 Å². The monoisotopic (exact) mass is 257 g/mol. The number of hydrogen-bond donors (Lipinski definition) is 1. The molecule has 100 valence electrons. The summed E-state index contributed by atoms with van der Waals surface area (Å²) in [7, 11) is 0. The molecule has 0 aliphatic rings. The zero-order valence-electron chi connectivity index (χ0n) is 11.3. The number of hydrogen-bond acceptors (Lipinski definition) is 3. The fourth-order valence-electron chi connectivity index (χ4n) is 1.88. The Bertz CT molecular complexity index is 526. The van der Waals surface area contributed by atoms with Crippen molar-refractivity contribution in [1.29, 1.82) is 0 Å². The predicted octanol–water partition coefficient (Wildman–Crippen LogP) is 3.41. The van der Waals surface area contributed by atoms with Crippen LogP contribution in [0.4, 0.5) is 0 Å². The van der Waals surface area contributed by atoms with Gasteiger partial charge >= 0.3 is 0 Å². The average molecular weight is 257 g/mol. The van der Waals surface area contributed by atoms with Gasteiger partial charge in [-0.3, -0.25) is 0 Å². The zero-order valence-corrected chi connectivity index (χ0v) is 11.3. The van der Waals surface area contributed by atoms with Crippen LogP contribution in [0.5, 0.6) is 5.88 Å². The maximum absolute atomic E-state index is 9.77. The summed E-state index contributed by atoms with van der Waals surface area (Å²) in [4.78, 5) is 4.28. The standard InChI is InChI=1S/C16H19NO2/c1-3-15(18)14-9-12(2)16(17-10-14)19-11-13-7-5-4-6-8-13/h4-10,15,18H,3,11H2,1-2H3/t15-/m1/s1. The third kappa shape index (κ3) is 3.55. The van der Waals surface area contributed by atoms with Crippen molar-refractivity contribution in [3.8, 4) is 5.88 Å². The first kappa shape index (κ1) is 13.6. The summed E-state index contributed by atoms with van der Waals surface area (Å²) in [5.74, 6) is 0.621. The quantitative estimate of drug-likeness (QED) is 0.892. The van der Waals surface area contributed by atoms with Crippen LogP contribution in [-0.4, -0.2) is 10.1 Å². The van der Waals surface area contributed by atoms with Crippen molar-refractivity contribution < 1.29 is 9.84 Å². The highest BCUT2D eigenvalue weighted by Gasteiger charge is 2.09. The van der Waals surface area contributed by atoms with Crippen molar-refractivity contribution >= 4 is 0 Å². The van der Waals surface area contributed by atoms with Crippen LogP contribution >= 0.6 is 0 Å². The molecule has 1 aromatic heterocycles. The fraction of sp³-hybridized carbons (Fsp3) is 0.312. The first-order valence-corrected chi connectivity index (χ1v) is 6.52. The average Bonchev–Trinajstić information content (AvgIpc) is 2.46. The molecule has 0 saturated heterocycles. The number of rotatable bonds is 5. The van der Waals surface area contributed by atoms with Gasteiger partial charge in [-0.25, -0.2) is 4.98 Å². The van der Waals surface area contributed by atoms with E-state index in [2.05, 4.69) is 4.98 Å². The van der Waals surface area contributed by atoms with E-state index in [9.17, 15) is 5.11 Å². The van der Waals surface area contributed by atoms with E-state index in [0.717, 1.165) is 16.7 Å². The number of aliphatic hydroxyl groups excluding tert-OH is 1. The van der Waals surface area contributed by atoms with Gasteiger partial charge in [0.05, 0.1) is 6.10 Å². The molecule has 2 rings (SSSR count). The van der Waals surface area contributed by atoms with E-state index in [0.29, 0.717) is 18.9 Å². The maximum Gasteiger partial charge on any atom is 0.216 e. The maximum atomic E-state index is 9.77. The van der Waals surface area contributed by atoms with Gasteiger partial charge in [-0.1, -0.05) is 37.3 Å². The molecule has 0 amide bonds. The minimum atomic E-state index is -0.450. The van der Waals surface area contributed by atoms with E-state index >= 15 is 0 Å². The van der Waals surface area contributed by atoms with E-state index in [1.165, 1.54) is 0 Å². The van der Waals surface area contributed by atoms with Crippen LogP contribution in [0.1, 0.15) is 36.1 Å². The second kappa shape index (κ2) is 6.34. The van der Waals surface area contributed by atoms with Gasteiger partial charge in [-0.15, -0.1) is 0 Å². The van der Waals surface area contributed by atoms with Crippen molar-refractivity contribution in [2.24, 2.45) is 0 Å². The Morgan fingerprint density at radius 2 is 2.00 bits per heavy atom. The Kier molecular flexibility index (Phi) is 4.53. The molecule has 0 fully saturated rings. The smallest absolute Gasteiger partial charge is 0.216 e. The number of nitrogens with zero attached hydrogens (tertiary/aromatic N) is 1. The molecule has 2 aromatic rings. The van der Waals surface area contributed by atoms with Crippen LogP contribution in [0.25, 0.3) is 0 Å². The molecule has 1 aromatic carbocycles.